The van der Waals surface area contributed by atoms with Gasteiger partial charge in [0.2, 0.25) is 5.91 Å². The summed E-state index contributed by atoms with van der Waals surface area (Å²) in [5, 5.41) is 12.3. The molecule has 0 saturated carbocycles. The summed E-state index contributed by atoms with van der Waals surface area (Å²) in [5.74, 6) is -0.115. The lowest BCUT2D eigenvalue weighted by molar-refractivity contribution is -0.121. The summed E-state index contributed by atoms with van der Waals surface area (Å²) in [7, 11) is 0. The van der Waals surface area contributed by atoms with Gasteiger partial charge >= 0.3 is 0 Å². The molecule has 0 bridgehead atoms. The molecule has 4 nitrogen and oxygen atoms in total. The van der Waals surface area contributed by atoms with Gasteiger partial charge in [-0.3, -0.25) is 4.79 Å². The van der Waals surface area contributed by atoms with Gasteiger partial charge in [0.05, 0.1) is 19.1 Å². The standard InChI is InChI=1S/C17H20N2O2/c18-15-8-4-7-14(9-15)11-17(21)19-16(12-20)10-13-5-2-1-3-6-13/h1-9,16,20H,10-12,18H2,(H,19,21). The van der Waals surface area contributed by atoms with Crippen molar-refractivity contribution in [3.8, 4) is 0 Å². The fourth-order valence-electron chi connectivity index (χ4n) is 2.23. The van der Waals surface area contributed by atoms with Crippen LogP contribution in [0.2, 0.25) is 0 Å². The van der Waals surface area contributed by atoms with Crippen LogP contribution in [0.3, 0.4) is 0 Å². The van der Waals surface area contributed by atoms with E-state index in [4.69, 9.17) is 5.73 Å². The van der Waals surface area contributed by atoms with Crippen molar-refractivity contribution in [2.24, 2.45) is 0 Å². The van der Waals surface area contributed by atoms with E-state index in [-0.39, 0.29) is 25.0 Å². The van der Waals surface area contributed by atoms with Crippen LogP contribution >= 0.6 is 0 Å². The molecule has 0 saturated heterocycles. The summed E-state index contributed by atoms with van der Waals surface area (Å²) in [4.78, 5) is 12.0. The molecule has 0 heterocycles. The zero-order chi connectivity index (χ0) is 15.1. The van der Waals surface area contributed by atoms with Crippen LogP contribution in [0, 0.1) is 0 Å². The Bertz CT molecular complexity index is 584. The van der Waals surface area contributed by atoms with E-state index >= 15 is 0 Å². The van der Waals surface area contributed by atoms with Gasteiger partial charge in [0.1, 0.15) is 0 Å². The zero-order valence-corrected chi connectivity index (χ0v) is 11.8. The molecule has 0 radical (unpaired) electrons. The highest BCUT2D eigenvalue weighted by atomic mass is 16.3. The van der Waals surface area contributed by atoms with Crippen LogP contribution in [0.15, 0.2) is 54.6 Å². The molecule has 0 fully saturated rings. The highest BCUT2D eigenvalue weighted by Gasteiger charge is 2.12. The first-order valence-electron chi connectivity index (χ1n) is 6.96. The monoisotopic (exact) mass is 284 g/mol. The number of amides is 1. The molecule has 110 valence electrons. The Labute approximate surface area is 124 Å². The average Bonchev–Trinajstić information content (AvgIpc) is 2.47. The summed E-state index contributed by atoms with van der Waals surface area (Å²) >= 11 is 0. The van der Waals surface area contributed by atoms with Gasteiger partial charge in [-0.1, -0.05) is 42.5 Å². The third-order valence-electron chi connectivity index (χ3n) is 3.23. The first kappa shape index (κ1) is 15.1. The Morgan fingerprint density at radius 3 is 2.48 bits per heavy atom. The molecule has 21 heavy (non-hydrogen) atoms. The molecule has 1 unspecified atom stereocenters. The van der Waals surface area contributed by atoms with E-state index in [0.29, 0.717) is 12.1 Å². The molecule has 0 aliphatic carbocycles. The van der Waals surface area contributed by atoms with Gasteiger partial charge in [0.25, 0.3) is 0 Å². The minimum absolute atomic E-state index is 0.0858. The lowest BCUT2D eigenvalue weighted by Gasteiger charge is -2.16. The predicted molar refractivity (Wildman–Crippen MR) is 83.7 cm³/mol. The average molecular weight is 284 g/mol. The van der Waals surface area contributed by atoms with Gasteiger partial charge in [-0.2, -0.15) is 0 Å². The summed E-state index contributed by atoms with van der Waals surface area (Å²) in [6, 6.07) is 16.8. The Hall–Kier alpha value is -2.33. The topological polar surface area (TPSA) is 75.4 Å². The molecule has 1 atom stereocenters. The van der Waals surface area contributed by atoms with Gasteiger partial charge in [-0.05, 0) is 29.7 Å². The lowest BCUT2D eigenvalue weighted by Crippen LogP contribution is -2.39. The molecular formula is C17H20N2O2. The van der Waals surface area contributed by atoms with Crippen molar-refractivity contribution < 1.29 is 9.90 Å². The maximum absolute atomic E-state index is 12.0. The van der Waals surface area contributed by atoms with E-state index in [2.05, 4.69) is 5.32 Å². The molecule has 0 aliphatic heterocycles. The first-order chi connectivity index (χ1) is 10.2. The molecular weight excluding hydrogens is 264 g/mol. The molecule has 2 rings (SSSR count). The van der Waals surface area contributed by atoms with Gasteiger partial charge < -0.3 is 16.2 Å². The first-order valence-corrected chi connectivity index (χ1v) is 6.96. The lowest BCUT2D eigenvalue weighted by atomic mass is 10.1. The molecule has 0 aromatic heterocycles. The zero-order valence-electron chi connectivity index (χ0n) is 11.8. The third kappa shape index (κ3) is 4.93. The Morgan fingerprint density at radius 2 is 1.81 bits per heavy atom. The molecule has 1 amide bonds. The number of aliphatic hydroxyl groups excluding tert-OH is 1. The molecule has 4 N–H and O–H groups in total. The number of hydrogen-bond donors (Lipinski definition) is 3. The van der Waals surface area contributed by atoms with Gasteiger partial charge in [0, 0.05) is 5.69 Å². The van der Waals surface area contributed by atoms with E-state index in [1.54, 1.807) is 12.1 Å². The number of rotatable bonds is 6. The van der Waals surface area contributed by atoms with Crippen LogP contribution in [-0.2, 0) is 17.6 Å². The van der Waals surface area contributed by atoms with Crippen LogP contribution in [0.25, 0.3) is 0 Å². The SMILES string of the molecule is Nc1cccc(CC(=O)NC(CO)Cc2ccccc2)c1. The fourth-order valence-corrected chi connectivity index (χ4v) is 2.23. The summed E-state index contributed by atoms with van der Waals surface area (Å²) in [5.41, 5.74) is 8.28. The number of benzene rings is 2. The largest absolute Gasteiger partial charge is 0.399 e. The number of aliphatic hydroxyl groups is 1. The number of hydrogen-bond acceptors (Lipinski definition) is 3. The van der Waals surface area contributed by atoms with Gasteiger partial charge in [-0.15, -0.1) is 0 Å². The van der Waals surface area contributed by atoms with Gasteiger partial charge in [0.15, 0.2) is 0 Å². The van der Waals surface area contributed by atoms with Crippen LogP contribution in [0.4, 0.5) is 5.69 Å². The Balaban J connectivity index is 1.90. The second kappa shape index (κ2) is 7.45. The number of nitrogens with two attached hydrogens (primary N) is 1. The minimum Gasteiger partial charge on any atom is -0.399 e. The number of carbonyl (C=O) groups excluding carboxylic acids is 1. The molecule has 0 aliphatic rings. The number of carbonyl (C=O) groups is 1. The van der Waals surface area contributed by atoms with Crippen molar-refractivity contribution in [2.45, 2.75) is 18.9 Å². The highest BCUT2D eigenvalue weighted by Crippen LogP contribution is 2.08. The number of anilines is 1. The number of nitrogen functional groups attached to an aromatic ring is 1. The normalized spacial score (nSPS) is 11.9. The highest BCUT2D eigenvalue weighted by molar-refractivity contribution is 5.79. The van der Waals surface area contributed by atoms with E-state index in [9.17, 15) is 9.90 Å². The molecule has 2 aromatic carbocycles. The summed E-state index contributed by atoms with van der Waals surface area (Å²) in [6.45, 7) is -0.0858. The van der Waals surface area contributed by atoms with E-state index < -0.39 is 0 Å². The van der Waals surface area contributed by atoms with E-state index in [1.165, 1.54) is 0 Å². The molecule has 2 aromatic rings. The van der Waals surface area contributed by atoms with Gasteiger partial charge in [-0.25, -0.2) is 0 Å². The molecule has 4 heteroatoms. The minimum atomic E-state index is -0.277. The van der Waals surface area contributed by atoms with Crippen molar-refractivity contribution >= 4 is 11.6 Å². The van der Waals surface area contributed by atoms with Crippen LogP contribution in [-0.4, -0.2) is 23.7 Å². The van der Waals surface area contributed by atoms with Crippen LogP contribution < -0.4 is 11.1 Å². The third-order valence-corrected chi connectivity index (χ3v) is 3.23. The predicted octanol–water partition coefficient (Wildman–Crippen LogP) is 1.53. The maximum Gasteiger partial charge on any atom is 0.224 e. The van der Waals surface area contributed by atoms with Crippen molar-refractivity contribution in [2.75, 3.05) is 12.3 Å². The van der Waals surface area contributed by atoms with E-state index in [1.807, 2.05) is 42.5 Å². The van der Waals surface area contributed by atoms with Crippen molar-refractivity contribution in [3.63, 3.8) is 0 Å². The second-order valence-corrected chi connectivity index (χ2v) is 5.06. The summed E-state index contributed by atoms with van der Waals surface area (Å²) in [6.07, 6.45) is 0.871. The summed E-state index contributed by atoms with van der Waals surface area (Å²) < 4.78 is 0. The fraction of sp³-hybridized carbons (Fsp3) is 0.235. The Morgan fingerprint density at radius 1 is 1.10 bits per heavy atom. The van der Waals surface area contributed by atoms with Crippen molar-refractivity contribution in [3.05, 3.63) is 65.7 Å². The Kier molecular flexibility index (Phi) is 5.35. The molecule has 0 spiro atoms. The smallest absolute Gasteiger partial charge is 0.224 e. The maximum atomic E-state index is 12.0. The quantitative estimate of drug-likeness (QED) is 0.704. The van der Waals surface area contributed by atoms with Crippen LogP contribution in [0.5, 0.6) is 0 Å². The second-order valence-electron chi connectivity index (χ2n) is 5.06. The van der Waals surface area contributed by atoms with Crippen molar-refractivity contribution in [1.29, 1.82) is 0 Å². The van der Waals surface area contributed by atoms with Crippen molar-refractivity contribution in [1.82, 2.24) is 5.32 Å². The number of nitrogens with one attached hydrogen (secondary N) is 1. The van der Waals surface area contributed by atoms with Crippen LogP contribution in [0.1, 0.15) is 11.1 Å². The van der Waals surface area contributed by atoms with E-state index in [0.717, 1.165) is 11.1 Å².